The predicted molar refractivity (Wildman–Crippen MR) is 73.5 cm³/mol. The second-order valence-electron chi connectivity index (χ2n) is 4.74. The third-order valence-electron chi connectivity index (χ3n) is 3.05. The van der Waals surface area contributed by atoms with Crippen molar-refractivity contribution in [3.05, 3.63) is 30.1 Å². The van der Waals surface area contributed by atoms with Crippen LogP contribution in [0.5, 0.6) is 0 Å². The first-order valence-corrected chi connectivity index (χ1v) is 6.41. The van der Waals surface area contributed by atoms with Crippen LogP contribution < -0.4 is 10.2 Å². The highest BCUT2D eigenvalue weighted by atomic mass is 19.1. The lowest BCUT2D eigenvalue weighted by Gasteiger charge is -2.35. The molecule has 0 saturated heterocycles. The first-order chi connectivity index (χ1) is 8.54. The molecule has 102 valence electrons. The molecule has 1 aromatic carbocycles. The molecule has 1 aromatic rings. The summed E-state index contributed by atoms with van der Waals surface area (Å²) in [5.74, 6) is -0.236. The van der Waals surface area contributed by atoms with E-state index in [1.807, 2.05) is 26.8 Å². The summed E-state index contributed by atoms with van der Waals surface area (Å²) in [7, 11) is 0. The summed E-state index contributed by atoms with van der Waals surface area (Å²) in [5.41, 5.74) is 0.465. The molecule has 1 atom stereocenters. The van der Waals surface area contributed by atoms with E-state index in [2.05, 4.69) is 10.2 Å². The number of aliphatic hydroxyl groups is 1. The maximum atomic E-state index is 13.2. The normalized spacial score (nSPS) is 14.3. The third kappa shape index (κ3) is 3.96. The molecule has 18 heavy (non-hydrogen) atoms. The summed E-state index contributed by atoms with van der Waals surface area (Å²) in [5, 5.41) is 12.8. The topological polar surface area (TPSA) is 35.5 Å². The molecule has 0 saturated carbocycles. The Morgan fingerprint density at radius 3 is 2.61 bits per heavy atom. The molecule has 0 aliphatic heterocycles. The average Bonchev–Trinajstić information content (AvgIpc) is 2.36. The molecule has 0 aliphatic carbocycles. The maximum absolute atomic E-state index is 13.2. The van der Waals surface area contributed by atoms with Crippen molar-refractivity contribution in [2.24, 2.45) is 0 Å². The number of aliphatic hydroxyl groups excluding tert-OH is 1. The first kappa shape index (κ1) is 14.9. The number of hydrogen-bond donors (Lipinski definition) is 2. The quantitative estimate of drug-likeness (QED) is 0.781. The lowest BCUT2D eigenvalue weighted by molar-refractivity contribution is 0.180. The number of halogens is 1. The van der Waals surface area contributed by atoms with Crippen LogP contribution in [0.15, 0.2) is 24.3 Å². The first-order valence-electron chi connectivity index (χ1n) is 6.41. The number of hydrogen-bond acceptors (Lipinski definition) is 3. The van der Waals surface area contributed by atoms with Crippen LogP contribution >= 0.6 is 0 Å². The predicted octanol–water partition coefficient (Wildman–Crippen LogP) is 2.01. The van der Waals surface area contributed by atoms with E-state index in [4.69, 9.17) is 0 Å². The van der Waals surface area contributed by atoms with E-state index in [1.165, 1.54) is 12.1 Å². The fourth-order valence-electron chi connectivity index (χ4n) is 2.07. The molecule has 4 heteroatoms. The maximum Gasteiger partial charge on any atom is 0.125 e. The van der Waals surface area contributed by atoms with Crippen LogP contribution in [0.25, 0.3) is 0 Å². The van der Waals surface area contributed by atoms with Gasteiger partial charge in [-0.2, -0.15) is 0 Å². The molecule has 0 amide bonds. The third-order valence-corrected chi connectivity index (χ3v) is 3.05. The minimum atomic E-state index is -0.378. The van der Waals surface area contributed by atoms with E-state index in [-0.39, 0.29) is 18.0 Å². The number of nitrogens with one attached hydrogen (secondary N) is 1. The monoisotopic (exact) mass is 254 g/mol. The standard InChI is InChI=1S/C14H23FN2O/c1-4-16-14(3,11-18)10-17(5-2)13-8-6-7-12(15)9-13/h6-9,16,18H,4-5,10-11H2,1-3H3. The summed E-state index contributed by atoms with van der Waals surface area (Å²) in [6.07, 6.45) is 0. The molecule has 0 heterocycles. The number of nitrogens with zero attached hydrogens (tertiary/aromatic N) is 1. The van der Waals surface area contributed by atoms with Gasteiger partial charge >= 0.3 is 0 Å². The van der Waals surface area contributed by atoms with Crippen LogP contribution in [-0.4, -0.2) is 36.9 Å². The van der Waals surface area contributed by atoms with Crippen molar-refractivity contribution in [3.63, 3.8) is 0 Å². The minimum absolute atomic E-state index is 0.0483. The van der Waals surface area contributed by atoms with Gasteiger partial charge in [0.05, 0.1) is 12.1 Å². The van der Waals surface area contributed by atoms with Gasteiger partial charge in [-0.25, -0.2) is 4.39 Å². The van der Waals surface area contributed by atoms with Gasteiger partial charge in [0, 0.05) is 18.8 Å². The number of likely N-dealkylation sites (N-methyl/N-ethyl adjacent to an activating group) is 2. The molecule has 0 spiro atoms. The van der Waals surface area contributed by atoms with Gasteiger partial charge in [0.25, 0.3) is 0 Å². The van der Waals surface area contributed by atoms with Crippen molar-refractivity contribution in [1.82, 2.24) is 5.32 Å². The molecule has 1 unspecified atom stereocenters. The molecule has 1 rings (SSSR count). The molecule has 2 N–H and O–H groups in total. The summed E-state index contributed by atoms with van der Waals surface area (Å²) < 4.78 is 13.2. The van der Waals surface area contributed by atoms with Gasteiger partial charge in [-0.1, -0.05) is 13.0 Å². The van der Waals surface area contributed by atoms with Gasteiger partial charge in [-0.3, -0.25) is 0 Å². The number of benzene rings is 1. The zero-order valence-electron chi connectivity index (χ0n) is 11.4. The summed E-state index contributed by atoms with van der Waals surface area (Å²) in [6.45, 7) is 8.24. The minimum Gasteiger partial charge on any atom is -0.394 e. The van der Waals surface area contributed by atoms with Crippen molar-refractivity contribution >= 4 is 5.69 Å². The average molecular weight is 254 g/mol. The highest BCUT2D eigenvalue weighted by molar-refractivity contribution is 5.46. The largest absolute Gasteiger partial charge is 0.394 e. The second-order valence-corrected chi connectivity index (χ2v) is 4.74. The highest BCUT2D eigenvalue weighted by Crippen LogP contribution is 2.18. The molecule has 0 aromatic heterocycles. The fraction of sp³-hybridized carbons (Fsp3) is 0.571. The van der Waals surface area contributed by atoms with Crippen LogP contribution in [0.3, 0.4) is 0 Å². The van der Waals surface area contributed by atoms with Gasteiger partial charge in [0.15, 0.2) is 0 Å². The molecule has 0 radical (unpaired) electrons. The zero-order valence-corrected chi connectivity index (χ0v) is 11.4. The van der Waals surface area contributed by atoms with E-state index in [9.17, 15) is 9.50 Å². The van der Waals surface area contributed by atoms with Crippen LogP contribution in [0.2, 0.25) is 0 Å². The Bertz CT molecular complexity index is 373. The number of rotatable bonds is 7. The molecular weight excluding hydrogens is 231 g/mol. The second kappa shape index (κ2) is 6.71. The van der Waals surface area contributed by atoms with E-state index >= 15 is 0 Å². The van der Waals surface area contributed by atoms with Crippen LogP contribution in [0, 0.1) is 5.82 Å². The van der Waals surface area contributed by atoms with Crippen molar-refractivity contribution in [2.75, 3.05) is 31.1 Å². The molecule has 0 bridgehead atoms. The van der Waals surface area contributed by atoms with Crippen LogP contribution in [0.1, 0.15) is 20.8 Å². The Kier molecular flexibility index (Phi) is 5.56. The van der Waals surface area contributed by atoms with Gasteiger partial charge in [-0.15, -0.1) is 0 Å². The number of anilines is 1. The van der Waals surface area contributed by atoms with Gasteiger partial charge < -0.3 is 15.3 Å². The molecule has 0 fully saturated rings. The van der Waals surface area contributed by atoms with Crippen molar-refractivity contribution in [1.29, 1.82) is 0 Å². The Labute approximate surface area is 109 Å². The molecular formula is C14H23FN2O. The van der Waals surface area contributed by atoms with Crippen molar-refractivity contribution in [3.8, 4) is 0 Å². The molecule has 0 aliphatic rings. The van der Waals surface area contributed by atoms with Gasteiger partial charge in [0.1, 0.15) is 5.82 Å². The summed E-state index contributed by atoms with van der Waals surface area (Å²) in [6, 6.07) is 6.55. The Hall–Kier alpha value is -1.13. The van der Waals surface area contributed by atoms with E-state index in [0.717, 1.165) is 18.8 Å². The van der Waals surface area contributed by atoms with Crippen molar-refractivity contribution < 1.29 is 9.50 Å². The lowest BCUT2D eigenvalue weighted by Crippen LogP contribution is -2.54. The Morgan fingerprint density at radius 1 is 1.39 bits per heavy atom. The summed E-state index contributed by atoms with van der Waals surface area (Å²) >= 11 is 0. The van der Waals surface area contributed by atoms with Gasteiger partial charge in [0.2, 0.25) is 0 Å². The molecule has 3 nitrogen and oxygen atoms in total. The summed E-state index contributed by atoms with van der Waals surface area (Å²) in [4.78, 5) is 2.06. The van der Waals surface area contributed by atoms with Crippen LogP contribution in [0.4, 0.5) is 10.1 Å². The van der Waals surface area contributed by atoms with E-state index < -0.39 is 0 Å². The smallest absolute Gasteiger partial charge is 0.125 e. The van der Waals surface area contributed by atoms with Crippen LogP contribution in [-0.2, 0) is 0 Å². The lowest BCUT2D eigenvalue weighted by atomic mass is 10.0. The van der Waals surface area contributed by atoms with Crippen molar-refractivity contribution in [2.45, 2.75) is 26.3 Å². The van der Waals surface area contributed by atoms with Gasteiger partial charge in [-0.05, 0) is 38.6 Å². The van der Waals surface area contributed by atoms with E-state index in [0.29, 0.717) is 6.54 Å². The van der Waals surface area contributed by atoms with E-state index in [1.54, 1.807) is 6.07 Å². The highest BCUT2D eigenvalue weighted by Gasteiger charge is 2.25. The Morgan fingerprint density at radius 2 is 2.11 bits per heavy atom. The fourth-order valence-corrected chi connectivity index (χ4v) is 2.07. The zero-order chi connectivity index (χ0) is 13.6. The SMILES string of the molecule is CCNC(C)(CO)CN(CC)c1cccc(F)c1. The Balaban J connectivity index is 2.84.